The van der Waals surface area contributed by atoms with Crippen LogP contribution in [0.1, 0.15) is 0 Å². The summed E-state index contributed by atoms with van der Waals surface area (Å²) in [6.45, 7) is 0. The summed E-state index contributed by atoms with van der Waals surface area (Å²) >= 11 is 0. The molecule has 0 aliphatic rings. The number of hydrogen-bond acceptors (Lipinski definition) is 3. The third-order valence-corrected chi connectivity index (χ3v) is 9.80. The summed E-state index contributed by atoms with van der Waals surface area (Å²) < 4.78 is 2.36. The van der Waals surface area contributed by atoms with Crippen LogP contribution in [0.3, 0.4) is 0 Å². The molecule has 0 saturated carbocycles. The fourth-order valence-corrected chi connectivity index (χ4v) is 7.25. The van der Waals surface area contributed by atoms with E-state index in [-0.39, 0.29) is 0 Å². The predicted molar refractivity (Wildman–Crippen MR) is 211 cm³/mol. The highest BCUT2D eigenvalue weighted by molar-refractivity contribution is 6.13. The molecule has 0 N–H and O–H groups in total. The molecule has 10 rings (SSSR count). The SMILES string of the molecule is c1ccc(-c2ccc(-c3nc(-c4cccc(-n5c6ccccc6c6cc7ccccc7cc65)c4)nc(-c4ccc5ccccc5c4)n3)cc2)cc1. The summed E-state index contributed by atoms with van der Waals surface area (Å²) in [6, 6.07) is 64.0. The number of rotatable bonds is 5. The highest BCUT2D eigenvalue weighted by Gasteiger charge is 2.17. The maximum Gasteiger partial charge on any atom is 0.164 e. The zero-order valence-corrected chi connectivity index (χ0v) is 27.6. The van der Waals surface area contributed by atoms with E-state index in [0.29, 0.717) is 17.5 Å². The maximum absolute atomic E-state index is 5.13. The van der Waals surface area contributed by atoms with Crippen LogP contribution in [0, 0.1) is 0 Å². The first-order chi connectivity index (χ1) is 25.2. The van der Waals surface area contributed by atoms with E-state index in [4.69, 9.17) is 15.0 Å². The van der Waals surface area contributed by atoms with Gasteiger partial charge in [0.25, 0.3) is 0 Å². The Morgan fingerprint density at radius 1 is 0.294 bits per heavy atom. The first kappa shape index (κ1) is 29.0. The standard InChI is InChI=1S/C47H30N4/c1-2-11-31(12-3-1)33-21-24-34(25-22-33)45-48-46(50-47(49-45)39-26-23-32-13-4-5-14-35(32)27-39)38-17-10-18-40(28-38)51-43-20-9-8-19-41(43)42-29-36-15-6-7-16-37(36)30-44(42)51/h1-30H. The van der Waals surface area contributed by atoms with Crippen LogP contribution in [-0.4, -0.2) is 19.5 Å². The summed E-state index contributed by atoms with van der Waals surface area (Å²) in [5, 5.41) is 7.23. The molecule has 0 aliphatic carbocycles. The number of para-hydroxylation sites is 1. The zero-order valence-electron chi connectivity index (χ0n) is 27.6. The fourth-order valence-electron chi connectivity index (χ4n) is 7.25. The second-order valence-corrected chi connectivity index (χ2v) is 12.9. The molecule has 51 heavy (non-hydrogen) atoms. The maximum atomic E-state index is 5.13. The summed E-state index contributed by atoms with van der Waals surface area (Å²) in [5.74, 6) is 1.90. The molecule has 4 nitrogen and oxygen atoms in total. The molecule has 0 fully saturated rings. The number of nitrogens with zero attached hydrogens (tertiary/aromatic N) is 4. The lowest BCUT2D eigenvalue weighted by atomic mass is 10.0. The van der Waals surface area contributed by atoms with Gasteiger partial charge in [-0.1, -0.05) is 146 Å². The number of fused-ring (bicyclic) bond motifs is 5. The van der Waals surface area contributed by atoms with Gasteiger partial charge < -0.3 is 4.57 Å². The predicted octanol–water partition coefficient (Wildman–Crippen LogP) is 11.9. The number of benzene rings is 8. The van der Waals surface area contributed by atoms with Crippen molar-refractivity contribution in [1.29, 1.82) is 0 Å². The summed E-state index contributed by atoms with van der Waals surface area (Å²) in [4.78, 5) is 15.3. The first-order valence-electron chi connectivity index (χ1n) is 17.2. The summed E-state index contributed by atoms with van der Waals surface area (Å²) in [5.41, 5.74) is 8.50. The molecular weight excluding hydrogens is 621 g/mol. The lowest BCUT2D eigenvalue weighted by Crippen LogP contribution is -2.01. The Balaban J connectivity index is 1.15. The highest BCUT2D eigenvalue weighted by Crippen LogP contribution is 2.36. The zero-order chi connectivity index (χ0) is 33.7. The van der Waals surface area contributed by atoms with Crippen molar-refractivity contribution in [3.8, 4) is 51.0 Å². The molecule has 0 aliphatic heterocycles. The van der Waals surface area contributed by atoms with Crippen molar-refractivity contribution in [2.24, 2.45) is 0 Å². The van der Waals surface area contributed by atoms with Gasteiger partial charge in [0.05, 0.1) is 11.0 Å². The Kier molecular flexibility index (Phi) is 6.78. The van der Waals surface area contributed by atoms with E-state index in [0.717, 1.165) is 38.8 Å². The minimum Gasteiger partial charge on any atom is -0.309 e. The second kappa shape index (κ2) is 11.9. The van der Waals surface area contributed by atoms with Gasteiger partial charge in [0.2, 0.25) is 0 Å². The topological polar surface area (TPSA) is 43.6 Å². The normalized spacial score (nSPS) is 11.5. The van der Waals surface area contributed by atoms with Crippen molar-refractivity contribution in [3.63, 3.8) is 0 Å². The van der Waals surface area contributed by atoms with Crippen molar-refractivity contribution in [1.82, 2.24) is 19.5 Å². The van der Waals surface area contributed by atoms with E-state index in [1.807, 2.05) is 6.07 Å². The van der Waals surface area contributed by atoms with Crippen molar-refractivity contribution >= 4 is 43.4 Å². The van der Waals surface area contributed by atoms with Crippen molar-refractivity contribution in [2.45, 2.75) is 0 Å². The third-order valence-electron chi connectivity index (χ3n) is 9.80. The summed E-state index contributed by atoms with van der Waals surface area (Å²) in [6.07, 6.45) is 0. The molecule has 2 heterocycles. The van der Waals surface area contributed by atoms with Gasteiger partial charge in [0.15, 0.2) is 17.5 Å². The molecular formula is C47H30N4. The van der Waals surface area contributed by atoms with Crippen LogP contribution in [0.25, 0.3) is 94.3 Å². The molecule has 0 atom stereocenters. The fraction of sp³-hybridized carbons (Fsp3) is 0. The number of hydrogen-bond donors (Lipinski definition) is 0. The van der Waals surface area contributed by atoms with E-state index in [9.17, 15) is 0 Å². The molecule has 0 spiro atoms. The minimum absolute atomic E-state index is 0.628. The van der Waals surface area contributed by atoms with E-state index < -0.39 is 0 Å². The molecule has 0 bridgehead atoms. The quantitative estimate of drug-likeness (QED) is 0.186. The van der Waals surface area contributed by atoms with Crippen LogP contribution in [0.4, 0.5) is 0 Å². The van der Waals surface area contributed by atoms with Crippen molar-refractivity contribution in [2.75, 3.05) is 0 Å². The van der Waals surface area contributed by atoms with Gasteiger partial charge in [-0.15, -0.1) is 0 Å². The smallest absolute Gasteiger partial charge is 0.164 e. The second-order valence-electron chi connectivity index (χ2n) is 12.9. The Labute approximate surface area is 295 Å². The molecule has 0 radical (unpaired) electrons. The van der Waals surface area contributed by atoms with E-state index in [1.165, 1.54) is 38.0 Å². The average molecular weight is 651 g/mol. The first-order valence-corrected chi connectivity index (χ1v) is 17.2. The molecule has 0 saturated heterocycles. The Hall–Kier alpha value is -6.91. The number of aromatic nitrogens is 4. The van der Waals surface area contributed by atoms with Crippen LogP contribution < -0.4 is 0 Å². The van der Waals surface area contributed by atoms with Gasteiger partial charge >= 0.3 is 0 Å². The van der Waals surface area contributed by atoms with Gasteiger partial charge in [0.1, 0.15) is 0 Å². The Morgan fingerprint density at radius 3 is 1.59 bits per heavy atom. The lowest BCUT2D eigenvalue weighted by Gasteiger charge is -2.12. The van der Waals surface area contributed by atoms with Crippen LogP contribution in [0.2, 0.25) is 0 Å². The molecule has 0 amide bonds. The van der Waals surface area contributed by atoms with Gasteiger partial charge in [-0.05, 0) is 69.1 Å². The minimum atomic E-state index is 0.628. The Bertz CT molecular complexity index is 2910. The van der Waals surface area contributed by atoms with Gasteiger partial charge in [-0.3, -0.25) is 0 Å². The summed E-state index contributed by atoms with van der Waals surface area (Å²) in [7, 11) is 0. The van der Waals surface area contributed by atoms with Crippen LogP contribution in [0.5, 0.6) is 0 Å². The lowest BCUT2D eigenvalue weighted by molar-refractivity contribution is 1.07. The van der Waals surface area contributed by atoms with E-state index in [1.54, 1.807) is 0 Å². The highest BCUT2D eigenvalue weighted by atomic mass is 15.0. The largest absolute Gasteiger partial charge is 0.309 e. The van der Waals surface area contributed by atoms with Crippen molar-refractivity contribution < 1.29 is 0 Å². The Morgan fingerprint density at radius 2 is 0.824 bits per heavy atom. The van der Waals surface area contributed by atoms with E-state index >= 15 is 0 Å². The molecule has 2 aromatic heterocycles. The molecule has 4 heteroatoms. The molecule has 0 unspecified atom stereocenters. The van der Waals surface area contributed by atoms with Crippen LogP contribution in [0.15, 0.2) is 182 Å². The van der Waals surface area contributed by atoms with Gasteiger partial charge in [-0.25, -0.2) is 15.0 Å². The van der Waals surface area contributed by atoms with Crippen LogP contribution in [-0.2, 0) is 0 Å². The molecule has 238 valence electrons. The van der Waals surface area contributed by atoms with Crippen LogP contribution >= 0.6 is 0 Å². The average Bonchev–Trinajstić information content (AvgIpc) is 3.53. The molecule has 10 aromatic rings. The van der Waals surface area contributed by atoms with Gasteiger partial charge in [-0.2, -0.15) is 0 Å². The monoisotopic (exact) mass is 650 g/mol. The van der Waals surface area contributed by atoms with E-state index in [2.05, 4.69) is 180 Å². The molecule has 8 aromatic carbocycles. The van der Waals surface area contributed by atoms with Gasteiger partial charge in [0, 0.05) is 33.2 Å². The third kappa shape index (κ3) is 5.13. The van der Waals surface area contributed by atoms with Crippen molar-refractivity contribution in [3.05, 3.63) is 182 Å².